The minimum Gasteiger partial charge on any atom is -0.385 e. The maximum Gasteiger partial charge on any atom is 0.287 e. The van der Waals surface area contributed by atoms with Crippen molar-refractivity contribution in [2.45, 2.75) is 25.3 Å². The van der Waals surface area contributed by atoms with E-state index in [2.05, 4.69) is 10.6 Å². The van der Waals surface area contributed by atoms with Crippen LogP contribution in [0.5, 0.6) is 0 Å². The van der Waals surface area contributed by atoms with Crippen molar-refractivity contribution in [2.24, 2.45) is 0 Å². The van der Waals surface area contributed by atoms with Crippen LogP contribution in [0.3, 0.4) is 0 Å². The van der Waals surface area contributed by atoms with E-state index in [-0.39, 0.29) is 11.3 Å². The van der Waals surface area contributed by atoms with Gasteiger partial charge in [-0.15, -0.1) is 0 Å². The van der Waals surface area contributed by atoms with Crippen molar-refractivity contribution in [2.75, 3.05) is 18.4 Å². The van der Waals surface area contributed by atoms with Gasteiger partial charge in [-0.1, -0.05) is 0 Å². The van der Waals surface area contributed by atoms with Gasteiger partial charge in [0.1, 0.15) is 11.6 Å². The molecular weight excluding hydrogens is 244 g/mol. The summed E-state index contributed by atoms with van der Waals surface area (Å²) in [4.78, 5) is 10.2. The number of nitro groups is 1. The Balaban J connectivity index is 1.93. The molecule has 0 unspecified atom stereocenters. The van der Waals surface area contributed by atoms with Crippen LogP contribution >= 0.6 is 0 Å². The van der Waals surface area contributed by atoms with E-state index in [0.29, 0.717) is 6.04 Å². The lowest BCUT2D eigenvalue weighted by molar-refractivity contribution is -0.385. The van der Waals surface area contributed by atoms with Gasteiger partial charge in [-0.25, -0.2) is 0 Å². The second-order valence-corrected chi connectivity index (χ2v) is 4.61. The Morgan fingerprint density at radius 2 is 2.42 bits per heavy atom. The van der Waals surface area contributed by atoms with Crippen molar-refractivity contribution < 1.29 is 4.92 Å². The summed E-state index contributed by atoms with van der Waals surface area (Å²) in [5, 5.41) is 26.2. The first-order chi connectivity index (χ1) is 9.20. The minimum atomic E-state index is -0.537. The number of nitriles is 1. The Kier molecular flexibility index (Phi) is 4.31. The molecule has 0 spiro atoms. The van der Waals surface area contributed by atoms with Gasteiger partial charge in [0, 0.05) is 24.3 Å². The summed E-state index contributed by atoms with van der Waals surface area (Å²) in [6.45, 7) is 1.88. The zero-order valence-electron chi connectivity index (χ0n) is 10.6. The maximum atomic E-state index is 10.7. The molecule has 1 heterocycles. The van der Waals surface area contributed by atoms with E-state index in [0.717, 1.165) is 25.2 Å². The Morgan fingerprint density at radius 1 is 1.58 bits per heavy atom. The van der Waals surface area contributed by atoms with E-state index < -0.39 is 4.92 Å². The van der Waals surface area contributed by atoms with Gasteiger partial charge >= 0.3 is 0 Å². The van der Waals surface area contributed by atoms with E-state index in [1.165, 1.54) is 25.0 Å². The number of hydrogen-bond acceptors (Lipinski definition) is 5. The van der Waals surface area contributed by atoms with E-state index in [9.17, 15) is 10.1 Å². The number of benzene rings is 1. The van der Waals surface area contributed by atoms with Gasteiger partial charge in [0.05, 0.1) is 4.92 Å². The molecule has 2 N–H and O–H groups in total. The highest BCUT2D eigenvalue weighted by Crippen LogP contribution is 2.22. The topological polar surface area (TPSA) is 91.0 Å². The fourth-order valence-electron chi connectivity index (χ4n) is 2.29. The zero-order valence-corrected chi connectivity index (χ0v) is 10.6. The summed E-state index contributed by atoms with van der Waals surface area (Å²) in [6, 6.07) is 6.95. The smallest absolute Gasteiger partial charge is 0.287 e. The number of hydrogen-bond donors (Lipinski definition) is 2. The molecule has 0 saturated carbocycles. The molecular formula is C13H16N4O2. The SMILES string of the molecule is N#Cc1cc(NCC[C@H]2CCCN2)ccc1[N+](=O)[O-]. The van der Waals surface area contributed by atoms with Crippen molar-refractivity contribution in [3.8, 4) is 6.07 Å². The predicted molar refractivity (Wildman–Crippen MR) is 71.9 cm³/mol. The van der Waals surface area contributed by atoms with Gasteiger partial charge in [-0.05, 0) is 37.9 Å². The molecule has 1 aliphatic heterocycles. The zero-order chi connectivity index (χ0) is 13.7. The van der Waals surface area contributed by atoms with Crippen LogP contribution in [0.2, 0.25) is 0 Å². The molecule has 100 valence electrons. The van der Waals surface area contributed by atoms with E-state index >= 15 is 0 Å². The molecule has 0 aliphatic carbocycles. The van der Waals surface area contributed by atoms with Crippen molar-refractivity contribution in [1.82, 2.24) is 5.32 Å². The van der Waals surface area contributed by atoms with Crippen molar-refractivity contribution in [3.63, 3.8) is 0 Å². The van der Waals surface area contributed by atoms with Crippen LogP contribution in [0.1, 0.15) is 24.8 Å². The predicted octanol–water partition coefficient (Wildman–Crippen LogP) is 2.02. The molecule has 1 aliphatic rings. The molecule has 1 aromatic carbocycles. The number of nitro benzene ring substituents is 1. The monoisotopic (exact) mass is 260 g/mol. The lowest BCUT2D eigenvalue weighted by Gasteiger charge is -2.11. The van der Waals surface area contributed by atoms with Gasteiger partial charge < -0.3 is 10.6 Å². The molecule has 1 atom stereocenters. The highest BCUT2D eigenvalue weighted by atomic mass is 16.6. The standard InChI is InChI=1S/C13H16N4O2/c14-9-10-8-12(3-4-13(10)17(18)19)16-7-5-11-2-1-6-15-11/h3-4,8,11,15-16H,1-2,5-7H2/t11-/m1/s1. The molecule has 2 rings (SSSR count). The molecule has 19 heavy (non-hydrogen) atoms. The Labute approximate surface area is 111 Å². The van der Waals surface area contributed by atoms with Gasteiger partial charge in [-0.2, -0.15) is 5.26 Å². The summed E-state index contributed by atoms with van der Waals surface area (Å²) in [6.07, 6.45) is 3.44. The normalized spacial score (nSPS) is 17.9. The summed E-state index contributed by atoms with van der Waals surface area (Å²) in [5.41, 5.74) is 0.694. The largest absolute Gasteiger partial charge is 0.385 e. The Bertz CT molecular complexity index is 504. The third kappa shape index (κ3) is 3.42. The third-order valence-electron chi connectivity index (χ3n) is 3.30. The van der Waals surface area contributed by atoms with Gasteiger partial charge in [0.2, 0.25) is 0 Å². The van der Waals surface area contributed by atoms with Gasteiger partial charge in [0.25, 0.3) is 5.69 Å². The fourth-order valence-corrected chi connectivity index (χ4v) is 2.29. The summed E-state index contributed by atoms with van der Waals surface area (Å²) in [7, 11) is 0. The lowest BCUT2D eigenvalue weighted by Crippen LogP contribution is -2.24. The summed E-state index contributed by atoms with van der Waals surface area (Å²) < 4.78 is 0. The molecule has 0 aromatic heterocycles. The highest BCUT2D eigenvalue weighted by molar-refractivity contribution is 5.58. The first-order valence-electron chi connectivity index (χ1n) is 6.36. The van der Waals surface area contributed by atoms with Crippen LogP contribution in [0.25, 0.3) is 0 Å². The first-order valence-corrected chi connectivity index (χ1v) is 6.36. The van der Waals surface area contributed by atoms with E-state index in [1.54, 1.807) is 6.07 Å². The molecule has 0 amide bonds. The average molecular weight is 260 g/mol. The van der Waals surface area contributed by atoms with Crippen LogP contribution in [0.15, 0.2) is 18.2 Å². The Morgan fingerprint density at radius 3 is 3.05 bits per heavy atom. The first kappa shape index (κ1) is 13.3. The second kappa shape index (κ2) is 6.16. The number of rotatable bonds is 5. The van der Waals surface area contributed by atoms with E-state index in [4.69, 9.17) is 5.26 Å². The molecule has 1 saturated heterocycles. The van der Waals surface area contributed by atoms with E-state index in [1.807, 2.05) is 6.07 Å². The average Bonchev–Trinajstić information content (AvgIpc) is 2.91. The van der Waals surface area contributed by atoms with Crippen LogP contribution in [-0.2, 0) is 0 Å². The molecule has 0 bridgehead atoms. The summed E-state index contributed by atoms with van der Waals surface area (Å²) >= 11 is 0. The molecule has 6 heteroatoms. The molecule has 6 nitrogen and oxygen atoms in total. The Hall–Kier alpha value is -2.13. The van der Waals surface area contributed by atoms with Crippen LogP contribution < -0.4 is 10.6 Å². The quantitative estimate of drug-likeness (QED) is 0.624. The maximum absolute atomic E-state index is 10.7. The molecule has 1 aromatic rings. The van der Waals surface area contributed by atoms with Gasteiger partial charge in [-0.3, -0.25) is 10.1 Å². The summed E-state index contributed by atoms with van der Waals surface area (Å²) in [5.74, 6) is 0. The van der Waals surface area contributed by atoms with Crippen LogP contribution in [0.4, 0.5) is 11.4 Å². The lowest BCUT2D eigenvalue weighted by atomic mass is 10.1. The van der Waals surface area contributed by atoms with Crippen molar-refractivity contribution in [3.05, 3.63) is 33.9 Å². The number of anilines is 1. The highest BCUT2D eigenvalue weighted by Gasteiger charge is 2.15. The van der Waals surface area contributed by atoms with Crippen molar-refractivity contribution >= 4 is 11.4 Å². The fraction of sp³-hybridized carbons (Fsp3) is 0.462. The minimum absolute atomic E-state index is 0.0917. The molecule has 0 radical (unpaired) electrons. The number of nitrogens with one attached hydrogen (secondary N) is 2. The number of nitrogens with zero attached hydrogens (tertiary/aromatic N) is 2. The second-order valence-electron chi connectivity index (χ2n) is 4.61. The van der Waals surface area contributed by atoms with Crippen LogP contribution in [-0.4, -0.2) is 24.1 Å². The molecule has 1 fully saturated rings. The van der Waals surface area contributed by atoms with Crippen molar-refractivity contribution in [1.29, 1.82) is 5.26 Å². The van der Waals surface area contributed by atoms with Crippen LogP contribution in [0, 0.1) is 21.4 Å². The third-order valence-corrected chi connectivity index (χ3v) is 3.30. The van der Waals surface area contributed by atoms with Gasteiger partial charge in [0.15, 0.2) is 0 Å².